The fraction of sp³-hybridized carbons (Fsp3) is 0.438. The fourth-order valence-electron chi connectivity index (χ4n) is 2.90. The van der Waals surface area contributed by atoms with Crippen LogP contribution in [0.2, 0.25) is 0 Å². The number of urea groups is 1. The molecular formula is C16H20N2O4S. The van der Waals surface area contributed by atoms with E-state index in [1.165, 1.54) is 0 Å². The van der Waals surface area contributed by atoms with Crippen LogP contribution < -0.4 is 5.32 Å². The van der Waals surface area contributed by atoms with Gasteiger partial charge in [0, 0.05) is 30.1 Å². The van der Waals surface area contributed by atoms with Crippen LogP contribution in [0.3, 0.4) is 0 Å². The predicted octanol–water partition coefficient (Wildman–Crippen LogP) is 2.15. The number of fused-ring (bicyclic) bond motifs is 1. The third-order valence-electron chi connectivity index (χ3n) is 4.61. The Hall–Kier alpha value is -2.02. The first-order chi connectivity index (χ1) is 10.9. The SMILES string of the molecule is CC1C(C)S(=O)(=O)CCN1C(=O)NCc1coc2ccccc12. The highest BCUT2D eigenvalue weighted by molar-refractivity contribution is 7.92. The Morgan fingerprint density at radius 3 is 2.87 bits per heavy atom. The van der Waals surface area contributed by atoms with E-state index in [-0.39, 0.29) is 24.4 Å². The van der Waals surface area contributed by atoms with Gasteiger partial charge < -0.3 is 14.6 Å². The fourth-order valence-corrected chi connectivity index (χ4v) is 4.47. The quantitative estimate of drug-likeness (QED) is 0.911. The van der Waals surface area contributed by atoms with E-state index >= 15 is 0 Å². The Balaban J connectivity index is 1.68. The van der Waals surface area contributed by atoms with Gasteiger partial charge in [-0.05, 0) is 19.9 Å². The van der Waals surface area contributed by atoms with Crippen molar-refractivity contribution >= 4 is 26.8 Å². The van der Waals surface area contributed by atoms with E-state index < -0.39 is 15.1 Å². The van der Waals surface area contributed by atoms with Gasteiger partial charge in [-0.15, -0.1) is 0 Å². The maximum atomic E-state index is 12.4. The van der Waals surface area contributed by atoms with Crippen molar-refractivity contribution in [2.45, 2.75) is 31.7 Å². The molecule has 1 aliphatic rings. The van der Waals surface area contributed by atoms with Crippen molar-refractivity contribution in [3.8, 4) is 0 Å². The van der Waals surface area contributed by atoms with E-state index in [2.05, 4.69) is 5.32 Å². The third-order valence-corrected chi connectivity index (χ3v) is 6.88. The second kappa shape index (κ2) is 5.88. The van der Waals surface area contributed by atoms with Gasteiger partial charge in [0.05, 0.1) is 17.3 Å². The third kappa shape index (κ3) is 2.93. The normalized spacial score (nSPS) is 23.8. The lowest BCUT2D eigenvalue weighted by Gasteiger charge is -2.37. The molecule has 1 aromatic heterocycles. The lowest BCUT2D eigenvalue weighted by atomic mass is 10.2. The molecule has 7 heteroatoms. The lowest BCUT2D eigenvalue weighted by Crippen LogP contribution is -2.56. The first-order valence-corrected chi connectivity index (χ1v) is 9.33. The lowest BCUT2D eigenvalue weighted by molar-refractivity contribution is 0.177. The van der Waals surface area contributed by atoms with E-state index in [9.17, 15) is 13.2 Å². The zero-order valence-electron chi connectivity index (χ0n) is 13.2. The van der Waals surface area contributed by atoms with Crippen molar-refractivity contribution in [3.63, 3.8) is 0 Å². The van der Waals surface area contributed by atoms with Crippen LogP contribution in [0.15, 0.2) is 34.9 Å². The Bertz CT molecular complexity index is 827. The van der Waals surface area contributed by atoms with Crippen LogP contribution in [0.5, 0.6) is 0 Å². The number of nitrogens with one attached hydrogen (secondary N) is 1. The number of hydrogen-bond acceptors (Lipinski definition) is 4. The zero-order chi connectivity index (χ0) is 16.6. The number of rotatable bonds is 2. The van der Waals surface area contributed by atoms with Gasteiger partial charge in [-0.1, -0.05) is 18.2 Å². The minimum absolute atomic E-state index is 0.0145. The molecule has 23 heavy (non-hydrogen) atoms. The van der Waals surface area contributed by atoms with E-state index in [4.69, 9.17) is 4.42 Å². The monoisotopic (exact) mass is 336 g/mol. The number of amides is 2. The van der Waals surface area contributed by atoms with Gasteiger partial charge in [0.25, 0.3) is 0 Å². The van der Waals surface area contributed by atoms with Crippen LogP contribution in [0.1, 0.15) is 19.4 Å². The number of benzene rings is 1. The zero-order valence-corrected chi connectivity index (χ0v) is 14.0. The summed E-state index contributed by atoms with van der Waals surface area (Å²) in [7, 11) is -3.10. The number of sulfone groups is 1. The maximum absolute atomic E-state index is 12.4. The van der Waals surface area contributed by atoms with Gasteiger partial charge in [-0.3, -0.25) is 0 Å². The average molecular weight is 336 g/mol. The number of hydrogen-bond donors (Lipinski definition) is 1. The molecule has 3 rings (SSSR count). The van der Waals surface area contributed by atoms with Gasteiger partial charge in [0.2, 0.25) is 0 Å². The van der Waals surface area contributed by atoms with Gasteiger partial charge in [-0.2, -0.15) is 0 Å². The van der Waals surface area contributed by atoms with Crippen LogP contribution >= 0.6 is 0 Å². The largest absolute Gasteiger partial charge is 0.464 e. The van der Waals surface area contributed by atoms with Crippen molar-refractivity contribution in [1.82, 2.24) is 10.2 Å². The summed E-state index contributed by atoms with van der Waals surface area (Å²) in [6.07, 6.45) is 1.64. The van der Waals surface area contributed by atoms with Gasteiger partial charge in [0.1, 0.15) is 5.58 Å². The molecule has 2 unspecified atom stereocenters. The summed E-state index contributed by atoms with van der Waals surface area (Å²) in [5.41, 5.74) is 1.68. The molecule has 0 spiro atoms. The molecule has 2 atom stereocenters. The summed E-state index contributed by atoms with van der Waals surface area (Å²) in [6, 6.07) is 7.05. The second-order valence-electron chi connectivity index (χ2n) is 5.92. The van der Waals surface area contributed by atoms with Crippen LogP contribution in [0, 0.1) is 0 Å². The summed E-state index contributed by atoms with van der Waals surface area (Å²) in [4.78, 5) is 14.0. The molecule has 2 amide bonds. The highest BCUT2D eigenvalue weighted by Crippen LogP contribution is 2.22. The van der Waals surface area contributed by atoms with E-state index in [0.717, 1.165) is 16.5 Å². The molecule has 1 saturated heterocycles. The molecule has 2 aromatic rings. The number of carbonyl (C=O) groups is 1. The van der Waals surface area contributed by atoms with Crippen molar-refractivity contribution in [1.29, 1.82) is 0 Å². The van der Waals surface area contributed by atoms with Gasteiger partial charge in [0.15, 0.2) is 9.84 Å². The Kier molecular flexibility index (Phi) is 4.06. The van der Waals surface area contributed by atoms with Crippen LogP contribution in [-0.4, -0.2) is 42.9 Å². The summed E-state index contributed by atoms with van der Waals surface area (Å²) >= 11 is 0. The molecule has 0 radical (unpaired) electrons. The standard InChI is InChI=1S/C16H20N2O4S/c1-11-12(2)23(20,21)8-7-18(11)16(19)17-9-13-10-22-15-6-4-3-5-14(13)15/h3-6,10-12H,7-9H2,1-2H3,(H,17,19). The minimum atomic E-state index is -3.10. The molecule has 1 aromatic carbocycles. The number of nitrogens with zero attached hydrogens (tertiary/aromatic N) is 1. The van der Waals surface area contributed by atoms with Crippen molar-refractivity contribution < 1.29 is 17.6 Å². The van der Waals surface area contributed by atoms with Crippen molar-refractivity contribution in [2.75, 3.05) is 12.3 Å². The molecule has 6 nitrogen and oxygen atoms in total. The first kappa shape index (κ1) is 15.9. The maximum Gasteiger partial charge on any atom is 0.317 e. The number of furan rings is 1. The van der Waals surface area contributed by atoms with Crippen molar-refractivity contribution in [3.05, 3.63) is 36.1 Å². The second-order valence-corrected chi connectivity index (χ2v) is 8.40. The van der Waals surface area contributed by atoms with Crippen molar-refractivity contribution in [2.24, 2.45) is 0 Å². The summed E-state index contributed by atoms with van der Waals surface area (Å²) in [5.74, 6) is 0.0145. The summed E-state index contributed by atoms with van der Waals surface area (Å²) < 4.78 is 29.2. The van der Waals surface area contributed by atoms with Crippen LogP contribution in [0.25, 0.3) is 11.0 Å². The highest BCUT2D eigenvalue weighted by Gasteiger charge is 2.37. The Morgan fingerprint density at radius 2 is 2.09 bits per heavy atom. The molecule has 124 valence electrons. The minimum Gasteiger partial charge on any atom is -0.464 e. The smallest absolute Gasteiger partial charge is 0.317 e. The van der Waals surface area contributed by atoms with E-state index in [1.54, 1.807) is 25.0 Å². The van der Waals surface area contributed by atoms with Gasteiger partial charge in [-0.25, -0.2) is 13.2 Å². The molecule has 0 aliphatic carbocycles. The molecular weight excluding hydrogens is 316 g/mol. The topological polar surface area (TPSA) is 79.6 Å². The average Bonchev–Trinajstić information content (AvgIpc) is 2.94. The molecule has 1 N–H and O–H groups in total. The van der Waals surface area contributed by atoms with Gasteiger partial charge >= 0.3 is 6.03 Å². The number of para-hydroxylation sites is 1. The predicted molar refractivity (Wildman–Crippen MR) is 87.9 cm³/mol. The van der Waals surface area contributed by atoms with E-state index in [0.29, 0.717) is 6.54 Å². The van der Waals surface area contributed by atoms with E-state index in [1.807, 2.05) is 24.3 Å². The van der Waals surface area contributed by atoms with Crippen LogP contribution in [-0.2, 0) is 16.4 Å². The number of carbonyl (C=O) groups excluding carboxylic acids is 1. The first-order valence-electron chi connectivity index (χ1n) is 7.61. The molecule has 1 aliphatic heterocycles. The summed E-state index contributed by atoms with van der Waals surface area (Å²) in [5, 5.41) is 3.28. The van der Waals surface area contributed by atoms with Crippen LogP contribution in [0.4, 0.5) is 4.79 Å². The Labute approximate surface area is 135 Å². The molecule has 2 heterocycles. The Morgan fingerprint density at radius 1 is 1.35 bits per heavy atom. The highest BCUT2D eigenvalue weighted by atomic mass is 32.2. The summed E-state index contributed by atoms with van der Waals surface area (Å²) in [6.45, 7) is 4.00. The molecule has 0 saturated carbocycles. The molecule has 1 fully saturated rings. The molecule has 0 bridgehead atoms.